The fourth-order valence-electron chi connectivity index (χ4n) is 3.63. The van der Waals surface area contributed by atoms with Gasteiger partial charge in [-0.25, -0.2) is 0 Å². The first-order valence-electron chi connectivity index (χ1n) is 9.16. The number of ether oxygens (including phenoxy) is 1. The highest BCUT2D eigenvalue weighted by Gasteiger charge is 2.36. The van der Waals surface area contributed by atoms with Crippen LogP contribution in [0.25, 0.3) is 10.8 Å². The van der Waals surface area contributed by atoms with E-state index in [1.165, 1.54) is 35.6 Å². The Hall–Kier alpha value is -2.07. The lowest BCUT2D eigenvalue weighted by Crippen LogP contribution is -2.46. The standard InChI is InChI=1S/C21H29N3O/c1-22-20(24-16-21(11-6-12-21)13-14-25-2)23-15-18-9-5-8-17-7-3-4-10-19(17)18/h3-5,7-10H,6,11-16H2,1-2H3,(H2,22,23,24). The van der Waals surface area contributed by atoms with Gasteiger partial charge in [0.1, 0.15) is 0 Å². The first-order valence-corrected chi connectivity index (χ1v) is 9.16. The maximum atomic E-state index is 5.28. The molecular weight excluding hydrogens is 310 g/mol. The maximum Gasteiger partial charge on any atom is 0.191 e. The van der Waals surface area contributed by atoms with Gasteiger partial charge in [-0.1, -0.05) is 48.9 Å². The van der Waals surface area contributed by atoms with Crippen molar-refractivity contribution in [3.05, 3.63) is 48.0 Å². The Kier molecular flexibility index (Phi) is 5.92. The Morgan fingerprint density at radius 1 is 1.12 bits per heavy atom. The summed E-state index contributed by atoms with van der Waals surface area (Å²) in [6, 6.07) is 15.0. The summed E-state index contributed by atoms with van der Waals surface area (Å²) in [5.41, 5.74) is 1.67. The van der Waals surface area contributed by atoms with Gasteiger partial charge in [0.2, 0.25) is 0 Å². The molecule has 1 saturated carbocycles. The van der Waals surface area contributed by atoms with Crippen molar-refractivity contribution in [2.45, 2.75) is 32.2 Å². The quantitative estimate of drug-likeness (QED) is 0.597. The van der Waals surface area contributed by atoms with E-state index in [1.54, 1.807) is 7.11 Å². The van der Waals surface area contributed by atoms with E-state index in [2.05, 4.69) is 58.1 Å². The van der Waals surface area contributed by atoms with Gasteiger partial charge in [-0.05, 0) is 41.0 Å². The zero-order valence-electron chi connectivity index (χ0n) is 15.3. The molecule has 25 heavy (non-hydrogen) atoms. The third kappa shape index (κ3) is 4.31. The van der Waals surface area contributed by atoms with E-state index in [4.69, 9.17) is 4.74 Å². The molecule has 0 amide bonds. The van der Waals surface area contributed by atoms with Crippen LogP contribution in [0.1, 0.15) is 31.2 Å². The molecule has 0 radical (unpaired) electrons. The maximum absolute atomic E-state index is 5.28. The molecule has 0 atom stereocenters. The van der Waals surface area contributed by atoms with E-state index >= 15 is 0 Å². The Labute approximate surface area is 150 Å². The highest BCUT2D eigenvalue weighted by atomic mass is 16.5. The molecule has 2 aromatic rings. The predicted octanol–water partition coefficient (Wildman–Crippen LogP) is 3.71. The van der Waals surface area contributed by atoms with E-state index in [0.29, 0.717) is 5.41 Å². The van der Waals surface area contributed by atoms with Crippen LogP contribution in [-0.4, -0.2) is 33.3 Å². The SMILES string of the molecule is CN=C(NCc1cccc2ccccc12)NCC1(CCOC)CCC1. The first-order chi connectivity index (χ1) is 12.3. The largest absolute Gasteiger partial charge is 0.385 e. The van der Waals surface area contributed by atoms with Crippen LogP contribution < -0.4 is 10.6 Å². The van der Waals surface area contributed by atoms with Crippen LogP contribution in [0.5, 0.6) is 0 Å². The van der Waals surface area contributed by atoms with Crippen molar-refractivity contribution in [1.82, 2.24) is 10.6 Å². The van der Waals surface area contributed by atoms with E-state index in [1.807, 2.05) is 7.05 Å². The first kappa shape index (κ1) is 17.7. The summed E-state index contributed by atoms with van der Waals surface area (Å²) in [4.78, 5) is 4.39. The van der Waals surface area contributed by atoms with Crippen LogP contribution in [0.3, 0.4) is 0 Å². The molecule has 0 aromatic heterocycles. The summed E-state index contributed by atoms with van der Waals surface area (Å²) < 4.78 is 5.28. The Bertz CT molecular complexity index is 717. The van der Waals surface area contributed by atoms with Crippen LogP contribution >= 0.6 is 0 Å². The molecule has 3 rings (SSSR count). The average molecular weight is 339 g/mol. The number of methoxy groups -OCH3 is 1. The third-order valence-corrected chi connectivity index (χ3v) is 5.43. The molecule has 1 aliphatic carbocycles. The van der Waals surface area contributed by atoms with Crippen molar-refractivity contribution in [3.63, 3.8) is 0 Å². The molecule has 4 nitrogen and oxygen atoms in total. The zero-order chi connectivity index (χ0) is 17.5. The van der Waals surface area contributed by atoms with E-state index < -0.39 is 0 Å². The van der Waals surface area contributed by atoms with Crippen molar-refractivity contribution in [3.8, 4) is 0 Å². The molecule has 1 aliphatic rings. The van der Waals surface area contributed by atoms with Gasteiger partial charge < -0.3 is 15.4 Å². The number of aliphatic imine (C=N–C) groups is 1. The van der Waals surface area contributed by atoms with Crippen molar-refractivity contribution < 1.29 is 4.74 Å². The van der Waals surface area contributed by atoms with Crippen LogP contribution in [0.15, 0.2) is 47.5 Å². The van der Waals surface area contributed by atoms with Crippen molar-refractivity contribution in [2.75, 3.05) is 27.3 Å². The van der Waals surface area contributed by atoms with Gasteiger partial charge in [0, 0.05) is 33.9 Å². The smallest absolute Gasteiger partial charge is 0.191 e. The van der Waals surface area contributed by atoms with Crippen LogP contribution in [0.2, 0.25) is 0 Å². The molecule has 2 N–H and O–H groups in total. The fourth-order valence-corrected chi connectivity index (χ4v) is 3.63. The highest BCUT2D eigenvalue weighted by Crippen LogP contribution is 2.43. The second-order valence-electron chi connectivity index (χ2n) is 7.01. The van der Waals surface area contributed by atoms with Gasteiger partial charge in [0.25, 0.3) is 0 Å². The Morgan fingerprint density at radius 2 is 1.92 bits per heavy atom. The fraction of sp³-hybridized carbons (Fsp3) is 0.476. The third-order valence-electron chi connectivity index (χ3n) is 5.43. The molecule has 1 fully saturated rings. The summed E-state index contributed by atoms with van der Waals surface area (Å²) in [7, 11) is 3.62. The number of benzene rings is 2. The van der Waals surface area contributed by atoms with E-state index in [9.17, 15) is 0 Å². The number of nitrogens with zero attached hydrogens (tertiary/aromatic N) is 1. The number of guanidine groups is 1. The minimum atomic E-state index is 0.382. The molecule has 0 bridgehead atoms. The summed E-state index contributed by atoms with van der Waals surface area (Å²) >= 11 is 0. The topological polar surface area (TPSA) is 45.7 Å². The van der Waals surface area contributed by atoms with E-state index in [0.717, 1.165) is 32.1 Å². The second-order valence-corrected chi connectivity index (χ2v) is 7.01. The number of rotatable bonds is 7. The molecular formula is C21H29N3O. The zero-order valence-corrected chi connectivity index (χ0v) is 15.3. The van der Waals surface area contributed by atoms with E-state index in [-0.39, 0.29) is 0 Å². The molecule has 0 unspecified atom stereocenters. The molecule has 2 aromatic carbocycles. The lowest BCUT2D eigenvalue weighted by atomic mass is 9.67. The molecule has 0 spiro atoms. The van der Waals surface area contributed by atoms with Crippen molar-refractivity contribution >= 4 is 16.7 Å². The molecule has 4 heteroatoms. The van der Waals surface area contributed by atoms with Crippen molar-refractivity contribution in [1.29, 1.82) is 0 Å². The normalized spacial score (nSPS) is 16.5. The van der Waals surface area contributed by atoms with Gasteiger partial charge in [-0.3, -0.25) is 4.99 Å². The number of nitrogens with one attached hydrogen (secondary N) is 2. The van der Waals surface area contributed by atoms with Crippen molar-refractivity contribution in [2.24, 2.45) is 10.4 Å². The predicted molar refractivity (Wildman–Crippen MR) is 105 cm³/mol. The van der Waals surface area contributed by atoms with Crippen LogP contribution in [0.4, 0.5) is 0 Å². The lowest BCUT2D eigenvalue weighted by molar-refractivity contribution is 0.0732. The minimum absolute atomic E-state index is 0.382. The average Bonchev–Trinajstić information content (AvgIpc) is 2.63. The number of hydrogen-bond acceptors (Lipinski definition) is 2. The summed E-state index contributed by atoms with van der Waals surface area (Å²) in [5.74, 6) is 0.872. The Balaban J connectivity index is 1.57. The molecule has 0 heterocycles. The molecule has 134 valence electrons. The van der Waals surface area contributed by atoms with Gasteiger partial charge in [-0.2, -0.15) is 0 Å². The number of fused-ring (bicyclic) bond motifs is 1. The monoisotopic (exact) mass is 339 g/mol. The second kappa shape index (κ2) is 8.34. The molecule has 0 aliphatic heterocycles. The lowest BCUT2D eigenvalue weighted by Gasteiger charge is -2.42. The van der Waals surface area contributed by atoms with Crippen LogP contribution in [-0.2, 0) is 11.3 Å². The number of hydrogen-bond donors (Lipinski definition) is 2. The van der Waals surface area contributed by atoms with Gasteiger partial charge in [0.15, 0.2) is 5.96 Å². The van der Waals surface area contributed by atoms with Gasteiger partial charge >= 0.3 is 0 Å². The van der Waals surface area contributed by atoms with Crippen LogP contribution in [0, 0.1) is 5.41 Å². The Morgan fingerprint density at radius 3 is 2.64 bits per heavy atom. The molecule has 0 saturated heterocycles. The summed E-state index contributed by atoms with van der Waals surface area (Å²) in [6.45, 7) is 2.57. The summed E-state index contributed by atoms with van der Waals surface area (Å²) in [5, 5.41) is 9.56. The highest BCUT2D eigenvalue weighted by molar-refractivity contribution is 5.86. The summed E-state index contributed by atoms with van der Waals surface area (Å²) in [6.07, 6.45) is 5.01. The van der Waals surface area contributed by atoms with Gasteiger partial charge in [0.05, 0.1) is 0 Å². The minimum Gasteiger partial charge on any atom is -0.385 e. The van der Waals surface area contributed by atoms with Gasteiger partial charge in [-0.15, -0.1) is 0 Å².